The van der Waals surface area contributed by atoms with Crippen LogP contribution in [0.2, 0.25) is 0 Å². The van der Waals surface area contributed by atoms with Crippen LogP contribution >= 0.6 is 0 Å². The van der Waals surface area contributed by atoms with Crippen LogP contribution in [0.3, 0.4) is 0 Å². The highest BCUT2D eigenvalue weighted by atomic mass is 16.5. The molecule has 0 aliphatic carbocycles. The summed E-state index contributed by atoms with van der Waals surface area (Å²) in [5.41, 5.74) is 2.06. The van der Waals surface area contributed by atoms with Crippen molar-refractivity contribution in [2.45, 2.75) is 6.92 Å². The Morgan fingerprint density at radius 1 is 1.00 bits per heavy atom. The highest BCUT2D eigenvalue weighted by Crippen LogP contribution is 2.31. The van der Waals surface area contributed by atoms with Crippen molar-refractivity contribution in [3.05, 3.63) is 48.0 Å². The van der Waals surface area contributed by atoms with Crippen molar-refractivity contribution in [2.24, 2.45) is 0 Å². The average molecular weight is 243 g/mol. The Kier molecular flexibility index (Phi) is 3.72. The van der Waals surface area contributed by atoms with Gasteiger partial charge in [0.05, 0.1) is 12.8 Å². The third-order valence-corrected chi connectivity index (χ3v) is 2.64. The number of hydrogen-bond acceptors (Lipinski definition) is 3. The highest BCUT2D eigenvalue weighted by Gasteiger charge is 2.04. The Morgan fingerprint density at radius 2 is 1.72 bits per heavy atom. The molecule has 94 valence electrons. The molecule has 0 atom stereocenters. The first kappa shape index (κ1) is 12.3. The van der Waals surface area contributed by atoms with E-state index in [1.807, 2.05) is 56.4 Å². The van der Waals surface area contributed by atoms with Crippen LogP contribution in [0, 0.1) is 6.92 Å². The Balaban J connectivity index is 2.30. The van der Waals surface area contributed by atoms with Gasteiger partial charge in [-0.1, -0.05) is 12.1 Å². The molecule has 1 N–H and O–H groups in total. The number of para-hydroxylation sites is 2. The molecule has 3 heteroatoms. The number of methoxy groups -OCH3 is 1. The summed E-state index contributed by atoms with van der Waals surface area (Å²) in [6.45, 7) is 2.01. The van der Waals surface area contributed by atoms with Gasteiger partial charge >= 0.3 is 0 Å². The minimum atomic E-state index is 0.773. The lowest BCUT2D eigenvalue weighted by Gasteiger charge is -2.12. The number of nitrogens with one attached hydrogen (secondary N) is 1. The number of anilines is 1. The number of ether oxygens (including phenoxy) is 2. The first-order valence-corrected chi connectivity index (χ1v) is 5.83. The van der Waals surface area contributed by atoms with E-state index in [-0.39, 0.29) is 0 Å². The molecule has 0 aliphatic rings. The lowest BCUT2D eigenvalue weighted by Crippen LogP contribution is -1.93. The maximum Gasteiger partial charge on any atom is 0.150 e. The fraction of sp³-hybridized carbons (Fsp3) is 0.200. The molecule has 3 nitrogen and oxygen atoms in total. The third-order valence-electron chi connectivity index (χ3n) is 2.64. The standard InChI is InChI=1S/C15H17NO2/c1-11-8-12(17-3)10-13(9-11)18-15-7-5-4-6-14(15)16-2/h4-10,16H,1-3H3. The van der Waals surface area contributed by atoms with Crippen LogP contribution < -0.4 is 14.8 Å². The van der Waals surface area contributed by atoms with Gasteiger partial charge < -0.3 is 14.8 Å². The summed E-state index contributed by atoms with van der Waals surface area (Å²) in [5.74, 6) is 2.37. The molecule has 2 rings (SSSR count). The largest absolute Gasteiger partial charge is 0.497 e. The van der Waals surface area contributed by atoms with Crippen LogP contribution in [-0.4, -0.2) is 14.2 Å². The van der Waals surface area contributed by atoms with Crippen molar-refractivity contribution < 1.29 is 9.47 Å². The van der Waals surface area contributed by atoms with Crippen LogP contribution in [0.1, 0.15) is 5.56 Å². The molecule has 0 spiro atoms. The van der Waals surface area contributed by atoms with E-state index in [1.165, 1.54) is 0 Å². The van der Waals surface area contributed by atoms with Crippen molar-refractivity contribution >= 4 is 5.69 Å². The summed E-state index contributed by atoms with van der Waals surface area (Å²) < 4.78 is 11.1. The lowest BCUT2D eigenvalue weighted by molar-refractivity contribution is 0.408. The molecular formula is C15H17NO2. The van der Waals surface area contributed by atoms with Gasteiger partial charge in [0, 0.05) is 13.1 Å². The molecule has 0 bridgehead atoms. The Labute approximate surface area is 107 Å². The van der Waals surface area contributed by atoms with Crippen molar-refractivity contribution in [1.82, 2.24) is 0 Å². The second kappa shape index (κ2) is 5.45. The summed E-state index contributed by atoms with van der Waals surface area (Å²) >= 11 is 0. The summed E-state index contributed by atoms with van der Waals surface area (Å²) in [7, 11) is 3.53. The average Bonchev–Trinajstić information content (AvgIpc) is 2.38. The van der Waals surface area contributed by atoms with Crippen LogP contribution in [0.15, 0.2) is 42.5 Å². The highest BCUT2D eigenvalue weighted by molar-refractivity contribution is 5.57. The molecule has 0 heterocycles. The number of benzene rings is 2. The molecule has 0 fully saturated rings. The quantitative estimate of drug-likeness (QED) is 0.885. The van der Waals surface area contributed by atoms with Crippen molar-refractivity contribution in [3.8, 4) is 17.2 Å². The topological polar surface area (TPSA) is 30.5 Å². The Morgan fingerprint density at radius 3 is 2.44 bits per heavy atom. The second-order valence-corrected chi connectivity index (χ2v) is 4.03. The van der Waals surface area contributed by atoms with Gasteiger partial charge in [0.2, 0.25) is 0 Å². The molecule has 2 aromatic rings. The fourth-order valence-electron chi connectivity index (χ4n) is 1.78. The van der Waals surface area contributed by atoms with Gasteiger partial charge in [-0.25, -0.2) is 0 Å². The number of hydrogen-bond donors (Lipinski definition) is 1. The molecule has 0 aromatic heterocycles. The van der Waals surface area contributed by atoms with Crippen LogP contribution in [-0.2, 0) is 0 Å². The molecule has 0 saturated carbocycles. The van der Waals surface area contributed by atoms with Crippen LogP contribution in [0.4, 0.5) is 5.69 Å². The maximum absolute atomic E-state index is 5.88. The van der Waals surface area contributed by atoms with Gasteiger partial charge in [-0.2, -0.15) is 0 Å². The smallest absolute Gasteiger partial charge is 0.150 e. The Bertz CT molecular complexity index is 538. The number of rotatable bonds is 4. The first-order chi connectivity index (χ1) is 8.72. The SMILES string of the molecule is CNc1ccccc1Oc1cc(C)cc(OC)c1. The molecule has 0 radical (unpaired) electrons. The minimum Gasteiger partial charge on any atom is -0.497 e. The normalized spacial score (nSPS) is 9.94. The van der Waals surface area contributed by atoms with Gasteiger partial charge in [-0.15, -0.1) is 0 Å². The predicted octanol–water partition coefficient (Wildman–Crippen LogP) is 3.84. The van der Waals surface area contributed by atoms with Crippen molar-refractivity contribution in [1.29, 1.82) is 0 Å². The van der Waals surface area contributed by atoms with E-state index in [9.17, 15) is 0 Å². The molecule has 0 amide bonds. The van der Waals surface area contributed by atoms with E-state index >= 15 is 0 Å². The molecule has 2 aromatic carbocycles. The first-order valence-electron chi connectivity index (χ1n) is 5.83. The van der Waals surface area contributed by atoms with Crippen LogP contribution in [0.25, 0.3) is 0 Å². The summed E-state index contributed by atoms with van der Waals surface area (Å²) in [6, 6.07) is 13.6. The molecular weight excluding hydrogens is 226 g/mol. The lowest BCUT2D eigenvalue weighted by atomic mass is 10.2. The maximum atomic E-state index is 5.88. The Hall–Kier alpha value is -2.16. The summed E-state index contributed by atoms with van der Waals surface area (Å²) in [5, 5.41) is 3.10. The zero-order valence-electron chi connectivity index (χ0n) is 10.9. The van der Waals surface area contributed by atoms with E-state index < -0.39 is 0 Å². The van der Waals surface area contributed by atoms with E-state index in [1.54, 1.807) is 7.11 Å². The van der Waals surface area contributed by atoms with Crippen molar-refractivity contribution in [2.75, 3.05) is 19.5 Å². The van der Waals surface area contributed by atoms with Gasteiger partial charge in [0.15, 0.2) is 0 Å². The molecule has 0 aliphatic heterocycles. The fourth-order valence-corrected chi connectivity index (χ4v) is 1.78. The van der Waals surface area contributed by atoms with E-state index in [4.69, 9.17) is 9.47 Å². The second-order valence-electron chi connectivity index (χ2n) is 4.03. The molecule has 0 unspecified atom stereocenters. The predicted molar refractivity (Wildman–Crippen MR) is 73.8 cm³/mol. The zero-order valence-corrected chi connectivity index (χ0v) is 10.9. The van der Waals surface area contributed by atoms with E-state index in [0.717, 1.165) is 28.5 Å². The van der Waals surface area contributed by atoms with Crippen LogP contribution in [0.5, 0.6) is 17.2 Å². The van der Waals surface area contributed by atoms with Gasteiger partial charge in [0.1, 0.15) is 17.2 Å². The minimum absolute atomic E-state index is 0.773. The van der Waals surface area contributed by atoms with E-state index in [2.05, 4.69) is 5.32 Å². The monoisotopic (exact) mass is 243 g/mol. The van der Waals surface area contributed by atoms with Gasteiger partial charge in [0.25, 0.3) is 0 Å². The number of aryl methyl sites for hydroxylation is 1. The third kappa shape index (κ3) is 2.74. The molecule has 0 saturated heterocycles. The van der Waals surface area contributed by atoms with Gasteiger partial charge in [-0.05, 0) is 36.8 Å². The van der Waals surface area contributed by atoms with Gasteiger partial charge in [-0.3, -0.25) is 0 Å². The molecule has 18 heavy (non-hydrogen) atoms. The van der Waals surface area contributed by atoms with Crippen molar-refractivity contribution in [3.63, 3.8) is 0 Å². The summed E-state index contributed by atoms with van der Waals surface area (Å²) in [4.78, 5) is 0. The van der Waals surface area contributed by atoms with E-state index in [0.29, 0.717) is 0 Å². The zero-order chi connectivity index (χ0) is 13.0. The summed E-state index contributed by atoms with van der Waals surface area (Å²) in [6.07, 6.45) is 0.